The predicted octanol–water partition coefficient (Wildman–Crippen LogP) is 2.19. The lowest BCUT2D eigenvalue weighted by Gasteiger charge is -2.03. The summed E-state index contributed by atoms with van der Waals surface area (Å²) in [6, 6.07) is 13.8. The highest BCUT2D eigenvalue weighted by molar-refractivity contribution is 6.07. The van der Waals surface area contributed by atoms with E-state index in [9.17, 15) is 4.79 Å². The Morgan fingerprint density at radius 3 is 2.72 bits per heavy atom. The van der Waals surface area contributed by atoms with Crippen molar-refractivity contribution in [2.24, 2.45) is 5.73 Å². The van der Waals surface area contributed by atoms with Gasteiger partial charge >= 0.3 is 0 Å². The number of H-pyrrole nitrogens is 1. The number of para-hydroxylation sites is 1. The second-order valence-corrected chi connectivity index (χ2v) is 4.13. The lowest BCUT2D eigenvalue weighted by atomic mass is 10.1. The molecule has 0 aliphatic rings. The average molecular weight is 240 g/mol. The van der Waals surface area contributed by atoms with Crippen molar-refractivity contribution in [3.05, 3.63) is 42.5 Å². The molecule has 90 valence electrons. The van der Waals surface area contributed by atoms with Crippen molar-refractivity contribution >= 4 is 27.7 Å². The van der Waals surface area contributed by atoms with E-state index in [2.05, 4.69) is 11.1 Å². The fraction of sp³-hybridized carbons (Fsp3) is 0.0714. The molecule has 0 saturated heterocycles. The Kier molecular flexibility index (Phi) is 2.41. The van der Waals surface area contributed by atoms with Crippen LogP contribution in [0.5, 0.6) is 5.75 Å². The zero-order valence-electron chi connectivity index (χ0n) is 9.64. The minimum Gasteiger partial charge on any atom is -0.484 e. The van der Waals surface area contributed by atoms with Gasteiger partial charge in [-0.05, 0) is 18.2 Å². The molecule has 0 atom stereocenters. The van der Waals surface area contributed by atoms with E-state index in [0.29, 0.717) is 5.75 Å². The second-order valence-electron chi connectivity index (χ2n) is 4.13. The molecule has 1 amide bonds. The van der Waals surface area contributed by atoms with Crippen molar-refractivity contribution in [1.82, 2.24) is 4.98 Å². The zero-order chi connectivity index (χ0) is 12.5. The van der Waals surface area contributed by atoms with Gasteiger partial charge in [0.15, 0.2) is 6.61 Å². The van der Waals surface area contributed by atoms with E-state index < -0.39 is 5.91 Å². The lowest BCUT2D eigenvalue weighted by Crippen LogP contribution is -2.19. The SMILES string of the molecule is NC(=O)COc1ccc2c(c1)[nH]c1ccccc12. The van der Waals surface area contributed by atoms with Crippen molar-refractivity contribution in [2.75, 3.05) is 6.61 Å². The fourth-order valence-corrected chi connectivity index (χ4v) is 2.08. The number of rotatable bonds is 3. The number of fused-ring (bicyclic) bond motifs is 3. The van der Waals surface area contributed by atoms with Crippen molar-refractivity contribution in [1.29, 1.82) is 0 Å². The van der Waals surface area contributed by atoms with E-state index in [1.165, 1.54) is 5.39 Å². The first kappa shape index (κ1) is 10.7. The number of hydrogen-bond acceptors (Lipinski definition) is 2. The highest BCUT2D eigenvalue weighted by atomic mass is 16.5. The van der Waals surface area contributed by atoms with Crippen LogP contribution in [0.1, 0.15) is 0 Å². The van der Waals surface area contributed by atoms with Gasteiger partial charge in [0.1, 0.15) is 5.75 Å². The van der Waals surface area contributed by atoms with Crippen LogP contribution in [0.3, 0.4) is 0 Å². The summed E-state index contributed by atoms with van der Waals surface area (Å²) in [5, 5.41) is 2.31. The first-order valence-corrected chi connectivity index (χ1v) is 5.65. The van der Waals surface area contributed by atoms with Gasteiger partial charge in [0.25, 0.3) is 5.91 Å². The van der Waals surface area contributed by atoms with Crippen molar-refractivity contribution in [3.8, 4) is 5.75 Å². The Hall–Kier alpha value is -2.49. The number of aromatic nitrogens is 1. The Balaban J connectivity index is 2.07. The third-order valence-electron chi connectivity index (χ3n) is 2.86. The summed E-state index contributed by atoms with van der Waals surface area (Å²) in [6.07, 6.45) is 0. The van der Waals surface area contributed by atoms with Gasteiger partial charge in [-0.15, -0.1) is 0 Å². The highest BCUT2D eigenvalue weighted by Crippen LogP contribution is 2.27. The summed E-state index contributed by atoms with van der Waals surface area (Å²) in [5.74, 6) is 0.152. The fourth-order valence-electron chi connectivity index (χ4n) is 2.08. The van der Waals surface area contributed by atoms with Crippen LogP contribution < -0.4 is 10.5 Å². The standard InChI is InChI=1S/C14H12N2O2/c15-14(17)8-18-9-5-6-11-10-3-1-2-4-12(10)16-13(11)7-9/h1-7,16H,8H2,(H2,15,17). The summed E-state index contributed by atoms with van der Waals surface area (Å²) in [5.41, 5.74) is 7.11. The monoisotopic (exact) mass is 240 g/mol. The number of nitrogens with two attached hydrogens (primary N) is 1. The molecule has 3 N–H and O–H groups in total. The molecule has 0 aliphatic heterocycles. The van der Waals surface area contributed by atoms with Crippen molar-refractivity contribution in [2.45, 2.75) is 0 Å². The Morgan fingerprint density at radius 2 is 1.89 bits per heavy atom. The minimum absolute atomic E-state index is 0.105. The molecule has 0 fully saturated rings. The first-order chi connectivity index (χ1) is 8.74. The molecule has 0 spiro atoms. The summed E-state index contributed by atoms with van der Waals surface area (Å²) >= 11 is 0. The molecule has 0 aliphatic carbocycles. The third kappa shape index (κ3) is 1.78. The molecule has 4 nitrogen and oxygen atoms in total. The lowest BCUT2D eigenvalue weighted by molar-refractivity contribution is -0.119. The Bertz CT molecular complexity index is 731. The van der Waals surface area contributed by atoms with Crippen LogP contribution in [0.2, 0.25) is 0 Å². The van der Waals surface area contributed by atoms with Gasteiger partial charge in [-0.25, -0.2) is 0 Å². The maximum Gasteiger partial charge on any atom is 0.255 e. The second kappa shape index (κ2) is 4.07. The molecule has 0 bridgehead atoms. The van der Waals surface area contributed by atoms with Crippen LogP contribution in [-0.2, 0) is 4.79 Å². The molecule has 0 radical (unpaired) electrons. The minimum atomic E-state index is -0.480. The number of aromatic amines is 1. The Labute approximate surface area is 103 Å². The van der Waals surface area contributed by atoms with E-state index in [-0.39, 0.29) is 6.61 Å². The van der Waals surface area contributed by atoms with Gasteiger partial charge in [0.05, 0.1) is 5.52 Å². The number of carbonyl (C=O) groups is 1. The normalized spacial score (nSPS) is 10.9. The largest absolute Gasteiger partial charge is 0.484 e. The summed E-state index contributed by atoms with van der Waals surface area (Å²) < 4.78 is 5.28. The topological polar surface area (TPSA) is 68.1 Å². The maximum atomic E-state index is 10.7. The van der Waals surface area contributed by atoms with Crippen LogP contribution in [0.4, 0.5) is 0 Å². The molecular weight excluding hydrogens is 228 g/mol. The van der Waals surface area contributed by atoms with E-state index >= 15 is 0 Å². The maximum absolute atomic E-state index is 10.7. The van der Waals surface area contributed by atoms with E-state index in [1.54, 1.807) is 0 Å². The molecule has 3 aromatic rings. The summed E-state index contributed by atoms with van der Waals surface area (Å²) in [7, 11) is 0. The molecule has 3 rings (SSSR count). The number of benzene rings is 2. The molecule has 0 unspecified atom stereocenters. The van der Waals surface area contributed by atoms with Gasteiger partial charge in [-0.3, -0.25) is 4.79 Å². The van der Waals surface area contributed by atoms with Crippen LogP contribution in [0.25, 0.3) is 21.8 Å². The predicted molar refractivity (Wildman–Crippen MR) is 70.5 cm³/mol. The average Bonchev–Trinajstić information content (AvgIpc) is 2.73. The van der Waals surface area contributed by atoms with E-state index in [1.807, 2.05) is 36.4 Å². The molecule has 0 saturated carbocycles. The van der Waals surface area contributed by atoms with Crippen LogP contribution >= 0.6 is 0 Å². The van der Waals surface area contributed by atoms with Gasteiger partial charge in [-0.1, -0.05) is 18.2 Å². The Morgan fingerprint density at radius 1 is 1.11 bits per heavy atom. The molecular formula is C14H12N2O2. The molecule has 1 aromatic heterocycles. The van der Waals surface area contributed by atoms with E-state index in [0.717, 1.165) is 16.4 Å². The first-order valence-electron chi connectivity index (χ1n) is 5.65. The van der Waals surface area contributed by atoms with Crippen molar-refractivity contribution < 1.29 is 9.53 Å². The summed E-state index contributed by atoms with van der Waals surface area (Å²) in [4.78, 5) is 14.0. The third-order valence-corrected chi connectivity index (χ3v) is 2.86. The van der Waals surface area contributed by atoms with Gasteiger partial charge in [0, 0.05) is 22.4 Å². The van der Waals surface area contributed by atoms with Crippen LogP contribution in [0.15, 0.2) is 42.5 Å². The molecule has 18 heavy (non-hydrogen) atoms. The van der Waals surface area contributed by atoms with Crippen molar-refractivity contribution in [3.63, 3.8) is 0 Å². The number of hydrogen-bond donors (Lipinski definition) is 2. The number of ether oxygens (including phenoxy) is 1. The quantitative estimate of drug-likeness (QED) is 0.736. The molecule has 1 heterocycles. The molecule has 2 aromatic carbocycles. The number of amides is 1. The van der Waals surface area contributed by atoms with Crippen LogP contribution in [0, 0.1) is 0 Å². The number of primary amides is 1. The van der Waals surface area contributed by atoms with Gasteiger partial charge in [0.2, 0.25) is 0 Å². The molecule has 4 heteroatoms. The van der Waals surface area contributed by atoms with Gasteiger partial charge in [-0.2, -0.15) is 0 Å². The van der Waals surface area contributed by atoms with Crippen LogP contribution in [-0.4, -0.2) is 17.5 Å². The zero-order valence-corrected chi connectivity index (χ0v) is 9.64. The van der Waals surface area contributed by atoms with Gasteiger partial charge < -0.3 is 15.5 Å². The number of nitrogens with one attached hydrogen (secondary N) is 1. The number of carbonyl (C=O) groups excluding carboxylic acids is 1. The summed E-state index contributed by atoms with van der Waals surface area (Å²) in [6.45, 7) is -0.105. The smallest absolute Gasteiger partial charge is 0.255 e. The van der Waals surface area contributed by atoms with E-state index in [4.69, 9.17) is 10.5 Å². The highest BCUT2D eigenvalue weighted by Gasteiger charge is 2.05.